The summed E-state index contributed by atoms with van der Waals surface area (Å²) < 4.78 is 7.73. The largest absolute Gasteiger partial charge is 0.479 e. The lowest BCUT2D eigenvalue weighted by Crippen LogP contribution is -2.30. The Morgan fingerprint density at radius 1 is 1.24 bits per heavy atom. The number of carbonyl (C=O) groups is 1. The number of methoxy groups -OCH3 is 1. The Kier molecular flexibility index (Phi) is 5.25. The van der Waals surface area contributed by atoms with Crippen molar-refractivity contribution in [3.05, 3.63) is 70.4 Å². The molecule has 148 valence electrons. The summed E-state index contributed by atoms with van der Waals surface area (Å²) in [5.41, 5.74) is 3.19. The lowest BCUT2D eigenvalue weighted by atomic mass is 10.2. The van der Waals surface area contributed by atoms with Crippen molar-refractivity contribution < 1.29 is 9.53 Å². The van der Waals surface area contributed by atoms with Gasteiger partial charge in [-0.15, -0.1) is 5.10 Å². The third kappa shape index (κ3) is 3.71. The standard InChI is InChI=1S/C21H19ClN4O2S/c1-13-9-10-16(22)18-17(13)23-21(29-18)26(11-14-7-5-4-6-8-14)20(27)15-12-25(2)24-19(15)28-3/h4-10,12H,11H2,1-3H3. The fourth-order valence-corrected chi connectivity index (χ4v) is 4.42. The molecule has 2 aromatic carbocycles. The van der Waals surface area contributed by atoms with Crippen molar-refractivity contribution >= 4 is 44.2 Å². The van der Waals surface area contributed by atoms with Crippen LogP contribution < -0.4 is 9.64 Å². The van der Waals surface area contributed by atoms with E-state index in [1.54, 1.807) is 22.8 Å². The third-order valence-electron chi connectivity index (χ3n) is 4.56. The van der Waals surface area contributed by atoms with Crippen LogP contribution in [0.1, 0.15) is 21.5 Å². The summed E-state index contributed by atoms with van der Waals surface area (Å²) in [6, 6.07) is 13.6. The number of carbonyl (C=O) groups excluding carboxylic acids is 1. The van der Waals surface area contributed by atoms with Crippen molar-refractivity contribution in [2.45, 2.75) is 13.5 Å². The topological polar surface area (TPSA) is 60.3 Å². The number of hydrogen-bond donors (Lipinski definition) is 0. The molecule has 0 saturated carbocycles. The van der Waals surface area contributed by atoms with Crippen LogP contribution in [0.5, 0.6) is 5.88 Å². The number of thiazole rings is 1. The number of nitrogens with zero attached hydrogens (tertiary/aromatic N) is 4. The molecule has 8 heteroatoms. The Hall–Kier alpha value is -2.90. The molecule has 0 aliphatic rings. The maximum Gasteiger partial charge on any atom is 0.267 e. The average Bonchev–Trinajstić information content (AvgIpc) is 3.34. The minimum atomic E-state index is -0.230. The minimum Gasteiger partial charge on any atom is -0.479 e. The minimum absolute atomic E-state index is 0.230. The highest BCUT2D eigenvalue weighted by Crippen LogP contribution is 2.37. The summed E-state index contributed by atoms with van der Waals surface area (Å²) in [6.45, 7) is 2.35. The van der Waals surface area contributed by atoms with Gasteiger partial charge in [-0.1, -0.05) is 59.3 Å². The number of rotatable bonds is 5. The van der Waals surface area contributed by atoms with Gasteiger partial charge in [-0.2, -0.15) is 0 Å². The Balaban J connectivity index is 1.83. The average molecular weight is 427 g/mol. The number of anilines is 1. The fraction of sp³-hybridized carbons (Fsp3) is 0.190. The van der Waals surface area contributed by atoms with Crippen molar-refractivity contribution in [3.8, 4) is 5.88 Å². The maximum atomic E-state index is 13.5. The van der Waals surface area contributed by atoms with Gasteiger partial charge in [-0.25, -0.2) is 4.98 Å². The van der Waals surface area contributed by atoms with E-state index in [2.05, 4.69) is 5.10 Å². The molecule has 2 heterocycles. The van der Waals surface area contributed by atoms with E-state index >= 15 is 0 Å². The van der Waals surface area contributed by atoms with Crippen LogP contribution in [0.15, 0.2) is 48.7 Å². The van der Waals surface area contributed by atoms with Crippen LogP contribution in [0.4, 0.5) is 5.13 Å². The zero-order valence-electron chi connectivity index (χ0n) is 16.2. The van der Waals surface area contributed by atoms with Crippen LogP contribution in [0.25, 0.3) is 10.2 Å². The summed E-state index contributed by atoms with van der Waals surface area (Å²) in [6.07, 6.45) is 1.66. The zero-order chi connectivity index (χ0) is 20.5. The van der Waals surface area contributed by atoms with Gasteiger partial charge in [-0.05, 0) is 24.1 Å². The number of hydrogen-bond acceptors (Lipinski definition) is 5. The molecular formula is C21H19ClN4O2S. The highest BCUT2D eigenvalue weighted by atomic mass is 35.5. The van der Waals surface area contributed by atoms with Crippen molar-refractivity contribution in [2.75, 3.05) is 12.0 Å². The first-order valence-corrected chi connectivity index (χ1v) is 10.2. The predicted octanol–water partition coefficient (Wildman–Crippen LogP) is 4.85. The second-order valence-corrected chi connectivity index (χ2v) is 8.03. The molecule has 0 bridgehead atoms. The summed E-state index contributed by atoms with van der Waals surface area (Å²) in [7, 11) is 3.25. The predicted molar refractivity (Wildman–Crippen MR) is 116 cm³/mol. The van der Waals surface area contributed by atoms with Gasteiger partial charge < -0.3 is 4.74 Å². The zero-order valence-corrected chi connectivity index (χ0v) is 17.8. The van der Waals surface area contributed by atoms with Gasteiger partial charge in [0.15, 0.2) is 5.13 Å². The molecule has 0 spiro atoms. The summed E-state index contributed by atoms with van der Waals surface area (Å²) in [5.74, 6) is 0.0533. The van der Waals surface area contributed by atoms with E-state index in [-0.39, 0.29) is 11.8 Å². The van der Waals surface area contributed by atoms with Crippen molar-refractivity contribution in [2.24, 2.45) is 7.05 Å². The van der Waals surface area contributed by atoms with Crippen LogP contribution in [0.3, 0.4) is 0 Å². The first-order chi connectivity index (χ1) is 14.0. The number of fused-ring (bicyclic) bond motifs is 1. The normalized spacial score (nSPS) is 11.0. The third-order valence-corrected chi connectivity index (χ3v) is 6.10. The van der Waals surface area contributed by atoms with E-state index in [0.717, 1.165) is 21.3 Å². The van der Waals surface area contributed by atoms with Crippen LogP contribution >= 0.6 is 22.9 Å². The van der Waals surface area contributed by atoms with Crippen LogP contribution in [0, 0.1) is 6.92 Å². The first kappa shape index (κ1) is 19.4. The molecule has 4 aromatic rings. The van der Waals surface area contributed by atoms with Gasteiger partial charge in [0.25, 0.3) is 5.91 Å². The first-order valence-electron chi connectivity index (χ1n) is 8.97. The molecule has 0 fully saturated rings. The van der Waals surface area contributed by atoms with E-state index < -0.39 is 0 Å². The van der Waals surface area contributed by atoms with Crippen molar-refractivity contribution in [1.82, 2.24) is 14.8 Å². The van der Waals surface area contributed by atoms with Crippen LogP contribution in [0.2, 0.25) is 5.02 Å². The summed E-state index contributed by atoms with van der Waals surface area (Å²) in [4.78, 5) is 19.9. The van der Waals surface area contributed by atoms with E-state index in [1.165, 1.54) is 18.4 Å². The molecule has 0 unspecified atom stereocenters. The smallest absolute Gasteiger partial charge is 0.267 e. The molecule has 0 atom stereocenters. The van der Waals surface area contributed by atoms with E-state index in [4.69, 9.17) is 21.3 Å². The number of ether oxygens (including phenoxy) is 1. The molecule has 0 saturated heterocycles. The molecule has 29 heavy (non-hydrogen) atoms. The number of halogens is 1. The fourth-order valence-electron chi connectivity index (χ4n) is 3.11. The lowest BCUT2D eigenvalue weighted by Gasteiger charge is -2.19. The molecular weight excluding hydrogens is 408 g/mol. The van der Waals surface area contributed by atoms with Crippen molar-refractivity contribution in [1.29, 1.82) is 0 Å². The Morgan fingerprint density at radius 2 is 2.00 bits per heavy atom. The van der Waals surface area contributed by atoms with Gasteiger partial charge in [0.05, 0.1) is 28.9 Å². The lowest BCUT2D eigenvalue weighted by molar-refractivity contribution is 0.0982. The second-order valence-electron chi connectivity index (χ2n) is 6.64. The monoisotopic (exact) mass is 426 g/mol. The van der Waals surface area contributed by atoms with Gasteiger partial charge >= 0.3 is 0 Å². The SMILES string of the molecule is COc1nn(C)cc1C(=O)N(Cc1ccccc1)c1nc2c(C)ccc(Cl)c2s1. The molecule has 6 nitrogen and oxygen atoms in total. The quantitative estimate of drug-likeness (QED) is 0.457. The molecule has 2 aromatic heterocycles. The molecule has 0 N–H and O–H groups in total. The van der Waals surface area contributed by atoms with Crippen LogP contribution in [-0.2, 0) is 13.6 Å². The van der Waals surface area contributed by atoms with E-state index in [9.17, 15) is 4.79 Å². The number of amides is 1. The maximum absolute atomic E-state index is 13.5. The Labute approximate surface area is 177 Å². The molecule has 0 aliphatic heterocycles. The molecule has 4 rings (SSSR count). The number of aryl methyl sites for hydroxylation is 2. The second kappa shape index (κ2) is 7.85. The highest BCUT2D eigenvalue weighted by Gasteiger charge is 2.27. The van der Waals surface area contributed by atoms with Gasteiger partial charge in [0.2, 0.25) is 5.88 Å². The van der Waals surface area contributed by atoms with Gasteiger partial charge in [0, 0.05) is 13.2 Å². The Bertz CT molecular complexity index is 1150. The van der Waals surface area contributed by atoms with Crippen molar-refractivity contribution in [3.63, 3.8) is 0 Å². The molecule has 1 amide bonds. The summed E-state index contributed by atoms with van der Waals surface area (Å²) in [5, 5.41) is 5.42. The van der Waals surface area contributed by atoms with E-state index in [0.29, 0.717) is 22.3 Å². The van der Waals surface area contributed by atoms with Gasteiger partial charge in [0.1, 0.15) is 5.56 Å². The van der Waals surface area contributed by atoms with Gasteiger partial charge in [-0.3, -0.25) is 14.4 Å². The highest BCUT2D eigenvalue weighted by molar-refractivity contribution is 7.23. The van der Waals surface area contributed by atoms with E-state index in [1.807, 2.05) is 49.4 Å². The number of aromatic nitrogens is 3. The molecule has 0 aliphatic carbocycles. The molecule has 0 radical (unpaired) electrons. The Morgan fingerprint density at radius 3 is 2.69 bits per heavy atom. The number of benzene rings is 2. The summed E-state index contributed by atoms with van der Waals surface area (Å²) >= 11 is 7.79. The van der Waals surface area contributed by atoms with Crippen LogP contribution in [-0.4, -0.2) is 27.8 Å².